The lowest BCUT2D eigenvalue weighted by molar-refractivity contribution is 0.0990. The smallest absolute Gasteiger partial charge is 0.266 e. The highest BCUT2D eigenvalue weighted by Crippen LogP contribution is 1.97. The Morgan fingerprint density at radius 2 is 2.23 bits per heavy atom. The van der Waals surface area contributed by atoms with Gasteiger partial charge in [-0.1, -0.05) is 20.8 Å². The summed E-state index contributed by atoms with van der Waals surface area (Å²) in [6.45, 7) is 6.76. The number of nitrogens with two attached hydrogens (primary N) is 1. The minimum Gasteiger partial charge on any atom is -0.364 e. The van der Waals surface area contributed by atoms with E-state index in [1.54, 1.807) is 16.9 Å². The van der Waals surface area contributed by atoms with Gasteiger partial charge in [0, 0.05) is 12.7 Å². The molecule has 0 aromatic carbocycles. The summed E-state index contributed by atoms with van der Waals surface area (Å²) in [5.41, 5.74) is 5.57. The molecule has 0 fully saturated rings. The van der Waals surface area contributed by atoms with Crippen molar-refractivity contribution in [1.82, 2.24) is 9.78 Å². The van der Waals surface area contributed by atoms with E-state index in [-0.39, 0.29) is 0 Å². The highest BCUT2D eigenvalue weighted by Gasteiger charge is 2.05. The number of rotatable bonds is 3. The quantitative estimate of drug-likeness (QED) is 0.770. The van der Waals surface area contributed by atoms with Crippen molar-refractivity contribution >= 4 is 5.91 Å². The molecule has 0 aliphatic heterocycles. The molecule has 0 atom stereocenters. The van der Waals surface area contributed by atoms with Crippen LogP contribution in [0.3, 0.4) is 0 Å². The van der Waals surface area contributed by atoms with Crippen LogP contribution in [0.2, 0.25) is 0 Å². The molecule has 4 heteroatoms. The zero-order chi connectivity index (χ0) is 10.3. The van der Waals surface area contributed by atoms with Gasteiger partial charge in [0.1, 0.15) is 5.69 Å². The Balaban J connectivity index is 0.000000671. The number of carbonyl (C=O) groups is 1. The summed E-state index contributed by atoms with van der Waals surface area (Å²) < 4.78 is 1.61. The van der Waals surface area contributed by atoms with Gasteiger partial charge >= 0.3 is 0 Å². The van der Waals surface area contributed by atoms with Crippen LogP contribution in [0.4, 0.5) is 0 Å². The summed E-state index contributed by atoms with van der Waals surface area (Å²) in [5.74, 6) is -0.420. The van der Waals surface area contributed by atoms with Crippen molar-refractivity contribution in [2.24, 2.45) is 5.73 Å². The van der Waals surface area contributed by atoms with E-state index in [1.807, 2.05) is 20.8 Å². The first-order valence-corrected chi connectivity index (χ1v) is 4.57. The summed E-state index contributed by atoms with van der Waals surface area (Å²) in [5, 5.41) is 3.94. The van der Waals surface area contributed by atoms with Crippen LogP contribution in [0.5, 0.6) is 0 Å². The lowest BCUT2D eigenvalue weighted by Gasteiger charge is -2.00. The average molecular weight is 183 g/mol. The van der Waals surface area contributed by atoms with Gasteiger partial charge in [0.05, 0.1) is 0 Å². The molecular formula is C9H17N3O. The average Bonchev–Trinajstić information content (AvgIpc) is 2.57. The van der Waals surface area contributed by atoms with E-state index in [0.29, 0.717) is 5.69 Å². The van der Waals surface area contributed by atoms with Gasteiger partial charge in [0.25, 0.3) is 5.91 Å². The number of carbonyl (C=O) groups excluding carboxylic acids is 1. The molecular weight excluding hydrogens is 166 g/mol. The van der Waals surface area contributed by atoms with Crippen LogP contribution in [-0.2, 0) is 6.54 Å². The third kappa shape index (κ3) is 3.27. The summed E-state index contributed by atoms with van der Waals surface area (Å²) in [6.07, 6.45) is 2.53. The van der Waals surface area contributed by atoms with Crippen molar-refractivity contribution in [3.05, 3.63) is 18.0 Å². The zero-order valence-electron chi connectivity index (χ0n) is 8.45. The second-order valence-electron chi connectivity index (χ2n) is 2.30. The molecule has 2 N–H and O–H groups in total. The Morgan fingerprint density at radius 1 is 1.62 bits per heavy atom. The predicted molar refractivity (Wildman–Crippen MR) is 52.4 cm³/mol. The number of nitrogens with zero attached hydrogens (tertiary/aromatic N) is 2. The molecule has 0 aliphatic rings. The van der Waals surface area contributed by atoms with Crippen LogP contribution in [-0.4, -0.2) is 15.7 Å². The van der Waals surface area contributed by atoms with Crippen LogP contribution in [0.1, 0.15) is 37.7 Å². The number of primary amides is 1. The van der Waals surface area contributed by atoms with Crippen molar-refractivity contribution in [2.75, 3.05) is 0 Å². The summed E-state index contributed by atoms with van der Waals surface area (Å²) in [4.78, 5) is 10.7. The highest BCUT2D eigenvalue weighted by molar-refractivity contribution is 5.90. The Labute approximate surface area is 78.7 Å². The molecule has 13 heavy (non-hydrogen) atoms. The molecule has 1 amide bonds. The number of hydrogen-bond acceptors (Lipinski definition) is 2. The van der Waals surface area contributed by atoms with Crippen LogP contribution >= 0.6 is 0 Å². The maximum atomic E-state index is 10.7. The number of hydrogen-bond donors (Lipinski definition) is 1. The maximum Gasteiger partial charge on any atom is 0.266 e. The minimum absolute atomic E-state index is 0.420. The van der Waals surface area contributed by atoms with Crippen molar-refractivity contribution in [1.29, 1.82) is 0 Å². The van der Waals surface area contributed by atoms with Gasteiger partial charge in [-0.15, -0.1) is 0 Å². The molecule has 0 radical (unpaired) electrons. The lowest BCUT2D eigenvalue weighted by atomic mass is 10.4. The van der Waals surface area contributed by atoms with E-state index in [2.05, 4.69) is 5.10 Å². The van der Waals surface area contributed by atoms with Gasteiger partial charge in [-0.05, 0) is 12.5 Å². The van der Waals surface area contributed by atoms with E-state index in [0.717, 1.165) is 13.0 Å². The van der Waals surface area contributed by atoms with E-state index < -0.39 is 5.91 Å². The second-order valence-corrected chi connectivity index (χ2v) is 2.30. The third-order valence-electron chi connectivity index (χ3n) is 1.40. The van der Waals surface area contributed by atoms with E-state index >= 15 is 0 Å². The fourth-order valence-corrected chi connectivity index (χ4v) is 0.932. The van der Waals surface area contributed by atoms with Crippen molar-refractivity contribution in [2.45, 2.75) is 33.7 Å². The molecule has 0 bridgehead atoms. The number of amides is 1. The Kier molecular flexibility index (Phi) is 5.59. The van der Waals surface area contributed by atoms with Gasteiger partial charge in [-0.3, -0.25) is 9.48 Å². The Morgan fingerprint density at radius 3 is 2.69 bits per heavy atom. The molecule has 4 nitrogen and oxygen atoms in total. The van der Waals surface area contributed by atoms with Gasteiger partial charge in [0.15, 0.2) is 0 Å². The van der Waals surface area contributed by atoms with Gasteiger partial charge in [-0.2, -0.15) is 5.10 Å². The zero-order valence-corrected chi connectivity index (χ0v) is 8.45. The molecule has 0 aliphatic carbocycles. The van der Waals surface area contributed by atoms with Crippen LogP contribution in [0.25, 0.3) is 0 Å². The minimum atomic E-state index is -0.420. The Bertz CT molecular complexity index is 255. The molecule has 0 unspecified atom stereocenters. The third-order valence-corrected chi connectivity index (χ3v) is 1.40. The van der Waals surface area contributed by atoms with Crippen molar-refractivity contribution in [3.8, 4) is 0 Å². The Hall–Kier alpha value is -1.32. The molecule has 0 saturated carbocycles. The predicted octanol–water partition coefficient (Wildman–Crippen LogP) is 1.42. The number of aromatic nitrogens is 2. The summed E-state index contributed by atoms with van der Waals surface area (Å²) in [7, 11) is 0. The van der Waals surface area contributed by atoms with Crippen LogP contribution < -0.4 is 5.73 Å². The van der Waals surface area contributed by atoms with Gasteiger partial charge in [0.2, 0.25) is 0 Å². The normalized spacial score (nSPS) is 8.85. The standard InChI is InChI=1S/C7H11N3O.C2H6/c1-2-5-10-6(7(8)11)3-4-9-10;1-2/h3-4H,2,5H2,1H3,(H2,8,11);1-2H3. The fourth-order valence-electron chi connectivity index (χ4n) is 0.932. The summed E-state index contributed by atoms with van der Waals surface area (Å²) in [6, 6.07) is 1.62. The fraction of sp³-hybridized carbons (Fsp3) is 0.556. The van der Waals surface area contributed by atoms with E-state index in [9.17, 15) is 4.79 Å². The van der Waals surface area contributed by atoms with Gasteiger partial charge < -0.3 is 5.73 Å². The van der Waals surface area contributed by atoms with Crippen LogP contribution in [0.15, 0.2) is 12.3 Å². The lowest BCUT2D eigenvalue weighted by Crippen LogP contribution is -2.17. The topological polar surface area (TPSA) is 60.9 Å². The highest BCUT2D eigenvalue weighted by atomic mass is 16.1. The van der Waals surface area contributed by atoms with E-state index in [4.69, 9.17) is 5.73 Å². The van der Waals surface area contributed by atoms with Crippen molar-refractivity contribution < 1.29 is 4.79 Å². The molecule has 74 valence electrons. The molecule has 0 spiro atoms. The first kappa shape index (κ1) is 11.7. The largest absolute Gasteiger partial charge is 0.364 e. The van der Waals surface area contributed by atoms with E-state index in [1.165, 1.54) is 0 Å². The monoisotopic (exact) mass is 183 g/mol. The molecule has 1 aromatic rings. The summed E-state index contributed by atoms with van der Waals surface area (Å²) >= 11 is 0. The molecule has 0 saturated heterocycles. The SMILES string of the molecule is CC.CCCn1nccc1C(N)=O. The molecule has 1 heterocycles. The molecule has 1 aromatic heterocycles. The second kappa shape index (κ2) is 6.22. The first-order chi connectivity index (χ1) is 6.25. The van der Waals surface area contributed by atoms with Crippen LogP contribution in [0, 0.1) is 0 Å². The molecule has 1 rings (SSSR count). The van der Waals surface area contributed by atoms with Gasteiger partial charge in [-0.25, -0.2) is 0 Å². The maximum absolute atomic E-state index is 10.7. The number of aryl methyl sites for hydroxylation is 1. The van der Waals surface area contributed by atoms with Crippen molar-refractivity contribution in [3.63, 3.8) is 0 Å². The first-order valence-electron chi connectivity index (χ1n) is 4.57.